The zero-order valence-corrected chi connectivity index (χ0v) is 10.3. The third kappa shape index (κ3) is 2.09. The Balaban J connectivity index is 2.75. The van der Waals surface area contributed by atoms with Crippen LogP contribution in [0.2, 0.25) is 0 Å². The van der Waals surface area contributed by atoms with Crippen LogP contribution < -0.4 is 0 Å². The van der Waals surface area contributed by atoms with Gasteiger partial charge in [0.05, 0.1) is 15.6 Å². The second kappa shape index (κ2) is 4.59. The predicted molar refractivity (Wildman–Crippen MR) is 57.6 cm³/mol. The van der Waals surface area contributed by atoms with E-state index < -0.39 is 6.10 Å². The first kappa shape index (κ1) is 11.9. The van der Waals surface area contributed by atoms with Gasteiger partial charge in [0, 0.05) is 0 Å². The number of rotatable bonds is 1. The first-order valence-electron chi connectivity index (χ1n) is 5.05. The molecular weight excluding hydrogens is 199 g/mol. The summed E-state index contributed by atoms with van der Waals surface area (Å²) in [4.78, 5) is 11.4. The molecule has 1 saturated heterocycles. The van der Waals surface area contributed by atoms with Crippen LogP contribution in [0.4, 0.5) is 0 Å². The van der Waals surface area contributed by atoms with Gasteiger partial charge in [0.2, 0.25) is 0 Å². The van der Waals surface area contributed by atoms with Gasteiger partial charge in [-0.05, 0) is 24.7 Å². The molecule has 82 valence electrons. The maximum atomic E-state index is 11.4. The lowest BCUT2D eigenvalue weighted by molar-refractivity contribution is -0.172. The van der Waals surface area contributed by atoms with Gasteiger partial charge < -0.3 is 9.26 Å². The number of hydrogen-bond acceptors (Lipinski definition) is 3. The van der Waals surface area contributed by atoms with Crippen molar-refractivity contribution >= 4 is 15.4 Å². The summed E-state index contributed by atoms with van der Waals surface area (Å²) in [5.74, 6) is 0.897. The van der Waals surface area contributed by atoms with Gasteiger partial charge in [-0.25, -0.2) is 4.79 Å². The third-order valence-corrected chi connectivity index (χ3v) is 3.82. The van der Waals surface area contributed by atoms with Gasteiger partial charge in [-0.1, -0.05) is 20.8 Å². The number of ether oxygens (including phenoxy) is 1. The maximum Gasteiger partial charge on any atom is 0.337 e. The molecule has 0 aromatic carbocycles. The van der Waals surface area contributed by atoms with Gasteiger partial charge >= 0.3 is 5.97 Å². The molecule has 14 heavy (non-hydrogen) atoms. The van der Waals surface area contributed by atoms with Crippen LogP contribution in [0.15, 0.2) is 0 Å². The molecule has 0 aliphatic carbocycles. The Morgan fingerprint density at radius 3 is 2.21 bits per heavy atom. The van der Waals surface area contributed by atoms with E-state index in [1.165, 1.54) is 0 Å². The van der Waals surface area contributed by atoms with Crippen molar-refractivity contribution < 1.29 is 14.1 Å². The minimum absolute atomic E-state index is 0.121. The molecule has 0 bridgehead atoms. The van der Waals surface area contributed by atoms with Crippen molar-refractivity contribution in [3.05, 3.63) is 0 Å². The largest absolute Gasteiger partial charge is 0.450 e. The van der Waals surface area contributed by atoms with Crippen molar-refractivity contribution in [1.82, 2.24) is 0 Å². The van der Waals surface area contributed by atoms with E-state index >= 15 is 0 Å². The summed E-state index contributed by atoms with van der Waals surface area (Å²) in [5, 5.41) is 0. The summed E-state index contributed by atoms with van der Waals surface area (Å²) in [5.41, 5.74) is 0. The van der Waals surface area contributed by atoms with E-state index in [9.17, 15) is 4.79 Å². The Labute approximate surface area is 87.8 Å². The average molecular weight is 218 g/mol. The Hall–Kier alpha value is -0.140. The molecule has 3 nitrogen and oxygen atoms in total. The monoisotopic (exact) mass is 218 g/mol. The number of carbonyl (C=O) groups is 1. The molecular formula is C10H19O3P. The topological polar surface area (TPSA) is 35.5 Å². The second-order valence-electron chi connectivity index (χ2n) is 4.28. The molecule has 0 N–H and O–H groups in total. The normalized spacial score (nSPS) is 43.4. The smallest absolute Gasteiger partial charge is 0.337 e. The van der Waals surface area contributed by atoms with Gasteiger partial charge in [-0.15, -0.1) is 0 Å². The molecule has 0 saturated carbocycles. The molecule has 0 radical (unpaired) electrons. The lowest BCUT2D eigenvalue weighted by Gasteiger charge is -2.41. The lowest BCUT2D eigenvalue weighted by Crippen LogP contribution is -2.47. The van der Waals surface area contributed by atoms with E-state index in [0.717, 1.165) is 0 Å². The number of hydrogen-bond donors (Lipinski definition) is 0. The fourth-order valence-corrected chi connectivity index (χ4v) is 2.13. The minimum atomic E-state index is -0.409. The van der Waals surface area contributed by atoms with Gasteiger partial charge in [-0.2, -0.15) is 0 Å². The van der Waals surface area contributed by atoms with Crippen LogP contribution >= 0.6 is 9.47 Å². The summed E-state index contributed by atoms with van der Waals surface area (Å²) in [6.45, 7) is 8.38. The summed E-state index contributed by atoms with van der Waals surface area (Å²) in [7, 11) is 1.98. The van der Waals surface area contributed by atoms with E-state index in [1.807, 2.05) is 23.3 Å². The highest BCUT2D eigenvalue weighted by molar-refractivity contribution is 7.10. The lowest BCUT2D eigenvalue weighted by atomic mass is 9.77. The molecule has 1 fully saturated rings. The second-order valence-corrected chi connectivity index (χ2v) is 4.51. The number of carbonyl (C=O) groups excluding carboxylic acids is 1. The third-order valence-electron chi connectivity index (χ3n) is 3.59. The van der Waals surface area contributed by atoms with Crippen molar-refractivity contribution in [3.63, 3.8) is 0 Å². The van der Waals surface area contributed by atoms with Gasteiger partial charge in [-0.3, -0.25) is 0 Å². The summed E-state index contributed by atoms with van der Waals surface area (Å²) >= 11 is 0. The van der Waals surface area contributed by atoms with Gasteiger partial charge in [0.1, 0.15) is 0 Å². The van der Waals surface area contributed by atoms with Gasteiger partial charge in [0.25, 0.3) is 0 Å². The molecule has 1 heterocycles. The molecule has 0 aromatic rings. The highest BCUT2D eigenvalue weighted by Crippen LogP contribution is 2.35. The van der Waals surface area contributed by atoms with E-state index in [1.54, 1.807) is 0 Å². The van der Waals surface area contributed by atoms with Crippen LogP contribution in [0.25, 0.3) is 0 Å². The highest BCUT2D eigenvalue weighted by Gasteiger charge is 2.41. The van der Waals surface area contributed by atoms with Crippen LogP contribution in [0.3, 0.4) is 0 Å². The fourth-order valence-electron chi connectivity index (χ4n) is 2.00. The Morgan fingerprint density at radius 2 is 1.71 bits per heavy atom. The highest BCUT2D eigenvalue weighted by atomic mass is 31.0. The predicted octanol–water partition coefficient (Wildman–Crippen LogP) is 2.02. The molecule has 1 rings (SSSR count). The Kier molecular flexibility index (Phi) is 3.91. The van der Waals surface area contributed by atoms with Crippen LogP contribution in [0, 0.1) is 17.8 Å². The molecule has 1 aliphatic heterocycles. The SMILES string of the molecule is CC1C(C)[C@H](C)[C@@H](C(=O)OP)O[C@@H]1C. The van der Waals surface area contributed by atoms with Crippen LogP contribution in [-0.2, 0) is 14.1 Å². The van der Waals surface area contributed by atoms with E-state index in [2.05, 4.69) is 18.4 Å². The van der Waals surface area contributed by atoms with E-state index in [4.69, 9.17) is 4.74 Å². The molecule has 0 aromatic heterocycles. The van der Waals surface area contributed by atoms with Crippen LogP contribution in [-0.4, -0.2) is 18.2 Å². The molecule has 4 heteroatoms. The summed E-state index contributed by atoms with van der Waals surface area (Å²) < 4.78 is 10.3. The molecule has 6 atom stereocenters. The zero-order valence-electron chi connectivity index (χ0n) is 9.19. The van der Waals surface area contributed by atoms with Crippen molar-refractivity contribution in [2.45, 2.75) is 39.9 Å². The molecule has 3 unspecified atom stereocenters. The van der Waals surface area contributed by atoms with E-state index in [0.29, 0.717) is 11.8 Å². The van der Waals surface area contributed by atoms with E-state index in [-0.39, 0.29) is 18.0 Å². The first-order valence-corrected chi connectivity index (χ1v) is 5.52. The zero-order chi connectivity index (χ0) is 10.9. The van der Waals surface area contributed by atoms with Crippen molar-refractivity contribution in [2.75, 3.05) is 0 Å². The minimum Gasteiger partial charge on any atom is -0.450 e. The van der Waals surface area contributed by atoms with Crippen molar-refractivity contribution in [2.24, 2.45) is 17.8 Å². The standard InChI is InChI=1S/C10H19O3P/c1-5-6(2)8(4)12-9(7(5)3)10(11)13-14/h5-9H,14H2,1-4H3/t5?,6?,7-,8+,9-/m0/s1. The maximum absolute atomic E-state index is 11.4. The molecule has 1 aliphatic rings. The van der Waals surface area contributed by atoms with Crippen LogP contribution in [0.1, 0.15) is 27.7 Å². The quantitative estimate of drug-likeness (QED) is 0.631. The van der Waals surface area contributed by atoms with Crippen molar-refractivity contribution in [1.29, 1.82) is 0 Å². The van der Waals surface area contributed by atoms with Crippen LogP contribution in [0.5, 0.6) is 0 Å². The Morgan fingerprint density at radius 1 is 1.14 bits per heavy atom. The summed E-state index contributed by atoms with van der Waals surface area (Å²) in [6.07, 6.45) is -0.288. The molecule has 0 amide bonds. The Bertz CT molecular complexity index is 219. The first-order chi connectivity index (χ1) is 6.49. The molecule has 0 spiro atoms. The van der Waals surface area contributed by atoms with Crippen molar-refractivity contribution in [3.8, 4) is 0 Å². The average Bonchev–Trinajstić information content (AvgIpc) is 2.19. The fraction of sp³-hybridized carbons (Fsp3) is 0.900. The summed E-state index contributed by atoms with van der Waals surface area (Å²) in [6, 6.07) is 0. The van der Waals surface area contributed by atoms with Gasteiger partial charge in [0.15, 0.2) is 6.10 Å².